The first-order valence-electron chi connectivity index (χ1n) is 7.32. The van der Waals surface area contributed by atoms with Gasteiger partial charge in [0.1, 0.15) is 5.82 Å². The van der Waals surface area contributed by atoms with Crippen LogP contribution >= 0.6 is 0 Å². The normalized spacial score (nSPS) is 12.2. The van der Waals surface area contributed by atoms with E-state index in [1.165, 1.54) is 0 Å². The van der Waals surface area contributed by atoms with Gasteiger partial charge >= 0.3 is 0 Å². The van der Waals surface area contributed by atoms with Crippen molar-refractivity contribution in [1.29, 1.82) is 0 Å². The number of benzene rings is 1. The molecule has 0 saturated carbocycles. The molecule has 0 aliphatic heterocycles. The first kappa shape index (κ1) is 17.4. The van der Waals surface area contributed by atoms with Gasteiger partial charge in [-0.2, -0.15) is 5.10 Å². The number of aromatic nitrogens is 2. The summed E-state index contributed by atoms with van der Waals surface area (Å²) in [4.78, 5) is 0.267. The molecule has 0 saturated heterocycles. The van der Waals surface area contributed by atoms with Gasteiger partial charge in [-0.15, -0.1) is 5.10 Å². The van der Waals surface area contributed by atoms with Crippen molar-refractivity contribution < 1.29 is 8.42 Å². The Bertz CT molecular complexity index is 783. The zero-order valence-electron chi connectivity index (χ0n) is 13.8. The van der Waals surface area contributed by atoms with Crippen molar-refractivity contribution in [2.24, 2.45) is 0 Å². The number of hydrogen-bond acceptors (Lipinski definition) is 5. The molecule has 7 heteroatoms. The second-order valence-corrected chi connectivity index (χ2v) is 8.09. The minimum absolute atomic E-state index is 0.267. The van der Waals surface area contributed by atoms with Gasteiger partial charge in [0, 0.05) is 12.1 Å². The van der Waals surface area contributed by atoms with Gasteiger partial charge in [-0.25, -0.2) is 13.1 Å². The van der Waals surface area contributed by atoms with E-state index in [4.69, 9.17) is 0 Å². The van der Waals surface area contributed by atoms with E-state index in [0.717, 1.165) is 5.56 Å². The Kier molecular flexibility index (Phi) is 5.01. The summed E-state index contributed by atoms with van der Waals surface area (Å²) < 4.78 is 27.8. The topological polar surface area (TPSA) is 84.0 Å². The monoisotopic (exact) mass is 334 g/mol. The lowest BCUT2D eigenvalue weighted by Crippen LogP contribution is -2.40. The fourth-order valence-electron chi connectivity index (χ4n) is 2.11. The van der Waals surface area contributed by atoms with E-state index < -0.39 is 15.6 Å². The Labute approximate surface area is 137 Å². The third-order valence-electron chi connectivity index (χ3n) is 2.95. The summed E-state index contributed by atoms with van der Waals surface area (Å²) in [5.41, 5.74) is 1.12. The number of nitrogens with zero attached hydrogens (tertiary/aromatic N) is 2. The molecule has 6 nitrogen and oxygen atoms in total. The van der Waals surface area contributed by atoms with Gasteiger partial charge in [0.05, 0.1) is 11.1 Å². The minimum atomic E-state index is -3.59. The maximum atomic E-state index is 12.6. The zero-order valence-corrected chi connectivity index (χ0v) is 14.6. The van der Waals surface area contributed by atoms with Crippen LogP contribution in [-0.4, -0.2) is 24.2 Å². The third-order valence-corrected chi connectivity index (χ3v) is 4.81. The summed E-state index contributed by atoms with van der Waals surface area (Å²) in [6.45, 7) is 7.71. The fraction of sp³-hybridized carbons (Fsp3) is 0.375. The van der Waals surface area contributed by atoms with Crippen molar-refractivity contribution in [3.05, 3.63) is 47.7 Å². The zero-order chi connectivity index (χ0) is 17.1. The van der Waals surface area contributed by atoms with Gasteiger partial charge in [0.2, 0.25) is 10.0 Å². The van der Waals surface area contributed by atoms with E-state index in [-0.39, 0.29) is 4.90 Å². The SMILES string of the molecule is Cc1cnnc(NCc2ccccc2S(=O)(=O)NC(C)(C)C)c1. The van der Waals surface area contributed by atoms with Crippen molar-refractivity contribution in [2.45, 2.75) is 44.7 Å². The second kappa shape index (κ2) is 6.64. The molecule has 0 bridgehead atoms. The second-order valence-electron chi connectivity index (χ2n) is 6.43. The summed E-state index contributed by atoms with van der Waals surface area (Å²) >= 11 is 0. The lowest BCUT2D eigenvalue weighted by atomic mass is 10.1. The molecule has 0 fully saturated rings. The van der Waals surface area contributed by atoms with Crippen LogP contribution in [-0.2, 0) is 16.6 Å². The highest BCUT2D eigenvalue weighted by Gasteiger charge is 2.24. The molecule has 0 aliphatic rings. The lowest BCUT2D eigenvalue weighted by molar-refractivity contribution is 0.491. The summed E-state index contributed by atoms with van der Waals surface area (Å²) in [7, 11) is -3.59. The van der Waals surface area contributed by atoms with Crippen LogP contribution in [0.5, 0.6) is 0 Å². The van der Waals surface area contributed by atoms with Crippen LogP contribution in [0.25, 0.3) is 0 Å². The number of sulfonamides is 1. The summed E-state index contributed by atoms with van der Waals surface area (Å²) in [5.74, 6) is 0.612. The Morgan fingerprint density at radius 1 is 1.17 bits per heavy atom. The van der Waals surface area contributed by atoms with Crippen LogP contribution in [0.3, 0.4) is 0 Å². The molecule has 0 amide bonds. The van der Waals surface area contributed by atoms with E-state index in [9.17, 15) is 8.42 Å². The maximum Gasteiger partial charge on any atom is 0.241 e. The van der Waals surface area contributed by atoms with Gasteiger partial charge < -0.3 is 5.32 Å². The van der Waals surface area contributed by atoms with Crippen molar-refractivity contribution in [1.82, 2.24) is 14.9 Å². The lowest BCUT2D eigenvalue weighted by Gasteiger charge is -2.21. The standard InChI is InChI=1S/C16H22N4O2S/c1-12-9-15(19-18-10-12)17-11-13-7-5-6-8-14(13)23(21,22)20-16(2,3)4/h5-10,20H,11H2,1-4H3,(H,17,19). The minimum Gasteiger partial charge on any atom is -0.364 e. The van der Waals surface area contributed by atoms with E-state index in [1.807, 2.05) is 39.8 Å². The average Bonchev–Trinajstić information content (AvgIpc) is 2.43. The van der Waals surface area contributed by atoms with Crippen LogP contribution in [0.2, 0.25) is 0 Å². The average molecular weight is 334 g/mol. The van der Waals surface area contributed by atoms with E-state index >= 15 is 0 Å². The Balaban J connectivity index is 2.24. The van der Waals surface area contributed by atoms with E-state index in [2.05, 4.69) is 20.2 Å². The van der Waals surface area contributed by atoms with Crippen LogP contribution in [0, 0.1) is 6.92 Å². The Morgan fingerprint density at radius 3 is 2.52 bits per heavy atom. The maximum absolute atomic E-state index is 12.6. The molecule has 1 heterocycles. The molecule has 1 aromatic carbocycles. The molecule has 2 rings (SSSR count). The molecular weight excluding hydrogens is 312 g/mol. The largest absolute Gasteiger partial charge is 0.364 e. The predicted molar refractivity (Wildman–Crippen MR) is 90.6 cm³/mol. The molecular formula is C16H22N4O2S. The van der Waals surface area contributed by atoms with Crippen molar-refractivity contribution in [3.8, 4) is 0 Å². The Hall–Kier alpha value is -1.99. The molecule has 0 unspecified atom stereocenters. The smallest absolute Gasteiger partial charge is 0.241 e. The van der Waals surface area contributed by atoms with Gasteiger partial charge in [-0.1, -0.05) is 18.2 Å². The molecule has 0 spiro atoms. The summed E-state index contributed by atoms with van der Waals surface area (Å²) in [5, 5.41) is 11.0. The fourth-order valence-corrected chi connectivity index (χ4v) is 3.77. The van der Waals surface area contributed by atoms with Gasteiger partial charge in [-0.3, -0.25) is 0 Å². The summed E-state index contributed by atoms with van der Waals surface area (Å²) in [6.07, 6.45) is 1.66. The van der Waals surface area contributed by atoms with Crippen LogP contribution in [0.1, 0.15) is 31.9 Å². The molecule has 124 valence electrons. The molecule has 0 aliphatic carbocycles. The molecule has 0 atom stereocenters. The van der Waals surface area contributed by atoms with Crippen LogP contribution < -0.4 is 10.0 Å². The summed E-state index contributed by atoms with van der Waals surface area (Å²) in [6, 6.07) is 8.78. The molecule has 0 radical (unpaired) electrons. The quantitative estimate of drug-likeness (QED) is 0.877. The number of nitrogens with one attached hydrogen (secondary N) is 2. The first-order chi connectivity index (χ1) is 10.7. The molecule has 1 aromatic heterocycles. The first-order valence-corrected chi connectivity index (χ1v) is 8.81. The number of anilines is 1. The third kappa shape index (κ3) is 5.01. The predicted octanol–water partition coefficient (Wildman–Crippen LogP) is 2.47. The Morgan fingerprint density at radius 2 is 1.87 bits per heavy atom. The highest BCUT2D eigenvalue weighted by Crippen LogP contribution is 2.19. The van der Waals surface area contributed by atoms with Gasteiger partial charge in [0.15, 0.2) is 0 Å². The highest BCUT2D eigenvalue weighted by molar-refractivity contribution is 7.89. The van der Waals surface area contributed by atoms with Crippen molar-refractivity contribution in [2.75, 3.05) is 5.32 Å². The van der Waals surface area contributed by atoms with E-state index in [0.29, 0.717) is 17.9 Å². The van der Waals surface area contributed by atoms with Gasteiger partial charge in [-0.05, 0) is 51.0 Å². The number of hydrogen-bond donors (Lipinski definition) is 2. The van der Waals surface area contributed by atoms with Crippen LogP contribution in [0.15, 0.2) is 41.4 Å². The molecule has 2 aromatic rings. The van der Waals surface area contributed by atoms with Gasteiger partial charge in [0.25, 0.3) is 0 Å². The van der Waals surface area contributed by atoms with Crippen LogP contribution in [0.4, 0.5) is 5.82 Å². The van der Waals surface area contributed by atoms with E-state index in [1.54, 1.807) is 24.4 Å². The highest BCUT2D eigenvalue weighted by atomic mass is 32.2. The number of rotatable bonds is 5. The van der Waals surface area contributed by atoms with Crippen molar-refractivity contribution >= 4 is 15.8 Å². The number of aryl methyl sites for hydroxylation is 1. The molecule has 23 heavy (non-hydrogen) atoms. The van der Waals surface area contributed by atoms with Crippen molar-refractivity contribution in [3.63, 3.8) is 0 Å². The molecule has 2 N–H and O–H groups in total.